The third-order valence-corrected chi connectivity index (χ3v) is 4.20. The fourth-order valence-corrected chi connectivity index (χ4v) is 2.96. The molecular formula is C19H32ClN. The van der Waals surface area contributed by atoms with Crippen LogP contribution in [-0.4, -0.2) is 12.6 Å². The molecule has 21 heavy (non-hydrogen) atoms. The van der Waals surface area contributed by atoms with Gasteiger partial charge in [0.2, 0.25) is 0 Å². The zero-order valence-corrected chi connectivity index (χ0v) is 14.6. The molecule has 0 bridgehead atoms. The van der Waals surface area contributed by atoms with Crippen LogP contribution < -0.4 is 5.32 Å². The summed E-state index contributed by atoms with van der Waals surface area (Å²) >= 11 is 6.09. The normalized spacial score (nSPS) is 12.5. The van der Waals surface area contributed by atoms with Crippen LogP contribution in [-0.2, 0) is 6.42 Å². The first-order valence-corrected chi connectivity index (χ1v) is 9.11. The zero-order valence-electron chi connectivity index (χ0n) is 13.8. The SMILES string of the molecule is CCCCCCCCC(Cc1cccc(Cl)c1)NCCC. The number of benzene rings is 1. The molecule has 0 aliphatic carbocycles. The molecule has 0 amide bonds. The predicted octanol–water partition coefficient (Wildman–Crippen LogP) is 6.00. The minimum atomic E-state index is 0.592. The topological polar surface area (TPSA) is 12.0 Å². The zero-order chi connectivity index (χ0) is 15.3. The lowest BCUT2D eigenvalue weighted by molar-refractivity contribution is 0.450. The molecule has 0 saturated heterocycles. The monoisotopic (exact) mass is 309 g/mol. The van der Waals surface area contributed by atoms with Crippen molar-refractivity contribution in [3.8, 4) is 0 Å². The molecule has 0 aliphatic rings. The van der Waals surface area contributed by atoms with E-state index in [0.717, 1.165) is 18.0 Å². The Kier molecular flexibility index (Phi) is 10.6. The summed E-state index contributed by atoms with van der Waals surface area (Å²) in [7, 11) is 0. The molecule has 1 aromatic carbocycles. The van der Waals surface area contributed by atoms with Gasteiger partial charge in [0, 0.05) is 11.1 Å². The van der Waals surface area contributed by atoms with E-state index in [-0.39, 0.29) is 0 Å². The maximum atomic E-state index is 6.09. The fourth-order valence-electron chi connectivity index (χ4n) is 2.74. The molecule has 1 aromatic rings. The second kappa shape index (κ2) is 12.1. The van der Waals surface area contributed by atoms with Gasteiger partial charge < -0.3 is 5.32 Å². The predicted molar refractivity (Wildman–Crippen MR) is 95.2 cm³/mol. The van der Waals surface area contributed by atoms with E-state index in [0.29, 0.717) is 6.04 Å². The highest BCUT2D eigenvalue weighted by Crippen LogP contribution is 2.15. The largest absolute Gasteiger partial charge is 0.314 e. The molecule has 120 valence electrons. The van der Waals surface area contributed by atoms with Crippen molar-refractivity contribution >= 4 is 11.6 Å². The number of nitrogens with one attached hydrogen (secondary N) is 1. The molecule has 0 aliphatic heterocycles. The molecule has 1 nitrogen and oxygen atoms in total. The van der Waals surface area contributed by atoms with Crippen LogP contribution in [0.1, 0.15) is 70.8 Å². The summed E-state index contributed by atoms with van der Waals surface area (Å²) in [6, 6.07) is 8.89. The molecule has 1 rings (SSSR count). The standard InChI is InChI=1S/C19H32ClN/c1-3-5-6-7-8-9-13-19(21-14-4-2)16-17-11-10-12-18(20)15-17/h10-12,15,19,21H,3-9,13-14,16H2,1-2H3. The fraction of sp³-hybridized carbons (Fsp3) is 0.684. The Labute approximate surface area is 136 Å². The van der Waals surface area contributed by atoms with Gasteiger partial charge in [0.1, 0.15) is 0 Å². The molecule has 0 saturated carbocycles. The Morgan fingerprint density at radius 2 is 1.76 bits per heavy atom. The van der Waals surface area contributed by atoms with Gasteiger partial charge in [-0.3, -0.25) is 0 Å². The van der Waals surface area contributed by atoms with Crippen LogP contribution in [0, 0.1) is 0 Å². The summed E-state index contributed by atoms with van der Waals surface area (Å²) in [4.78, 5) is 0. The van der Waals surface area contributed by atoms with E-state index < -0.39 is 0 Å². The van der Waals surface area contributed by atoms with E-state index in [1.54, 1.807) is 0 Å². The van der Waals surface area contributed by atoms with E-state index in [1.807, 2.05) is 6.07 Å². The minimum absolute atomic E-state index is 0.592. The molecule has 0 fully saturated rings. The van der Waals surface area contributed by atoms with E-state index in [1.165, 1.54) is 56.9 Å². The van der Waals surface area contributed by atoms with Gasteiger partial charge >= 0.3 is 0 Å². The van der Waals surface area contributed by atoms with Gasteiger partial charge in [0.25, 0.3) is 0 Å². The third kappa shape index (κ3) is 9.16. The van der Waals surface area contributed by atoms with Gasteiger partial charge in [0.05, 0.1) is 0 Å². The summed E-state index contributed by atoms with van der Waals surface area (Å²) < 4.78 is 0. The highest BCUT2D eigenvalue weighted by atomic mass is 35.5. The number of unbranched alkanes of at least 4 members (excludes halogenated alkanes) is 5. The van der Waals surface area contributed by atoms with Crippen molar-refractivity contribution < 1.29 is 0 Å². The van der Waals surface area contributed by atoms with E-state index in [2.05, 4.69) is 37.4 Å². The molecule has 1 N–H and O–H groups in total. The second-order valence-corrected chi connectivity index (χ2v) is 6.48. The maximum absolute atomic E-state index is 6.09. The average molecular weight is 310 g/mol. The van der Waals surface area contributed by atoms with Crippen molar-refractivity contribution in [3.63, 3.8) is 0 Å². The summed E-state index contributed by atoms with van der Waals surface area (Å²) in [5, 5.41) is 4.54. The van der Waals surface area contributed by atoms with Gasteiger partial charge in [-0.25, -0.2) is 0 Å². The number of rotatable bonds is 12. The molecule has 0 heterocycles. The molecular weight excluding hydrogens is 278 g/mol. The van der Waals surface area contributed by atoms with Gasteiger partial charge in [-0.2, -0.15) is 0 Å². The van der Waals surface area contributed by atoms with E-state index in [4.69, 9.17) is 11.6 Å². The van der Waals surface area contributed by atoms with Crippen molar-refractivity contribution in [2.24, 2.45) is 0 Å². The first-order valence-electron chi connectivity index (χ1n) is 8.74. The maximum Gasteiger partial charge on any atom is 0.0408 e. The Bertz CT molecular complexity index is 364. The number of hydrogen-bond donors (Lipinski definition) is 1. The Morgan fingerprint density at radius 1 is 1.00 bits per heavy atom. The first-order chi connectivity index (χ1) is 10.3. The lowest BCUT2D eigenvalue weighted by Crippen LogP contribution is -2.31. The van der Waals surface area contributed by atoms with Crippen LogP contribution in [0.3, 0.4) is 0 Å². The lowest BCUT2D eigenvalue weighted by atomic mass is 9.99. The van der Waals surface area contributed by atoms with Crippen molar-refractivity contribution in [1.82, 2.24) is 5.32 Å². The highest BCUT2D eigenvalue weighted by molar-refractivity contribution is 6.30. The second-order valence-electron chi connectivity index (χ2n) is 6.04. The molecule has 0 radical (unpaired) electrons. The number of hydrogen-bond acceptors (Lipinski definition) is 1. The Morgan fingerprint density at radius 3 is 2.48 bits per heavy atom. The van der Waals surface area contributed by atoms with E-state index >= 15 is 0 Å². The quantitative estimate of drug-likeness (QED) is 0.467. The van der Waals surface area contributed by atoms with Gasteiger partial charge in [0.15, 0.2) is 0 Å². The highest BCUT2D eigenvalue weighted by Gasteiger charge is 2.09. The van der Waals surface area contributed by atoms with Crippen molar-refractivity contribution in [3.05, 3.63) is 34.9 Å². The summed E-state index contributed by atoms with van der Waals surface area (Å²) in [5.41, 5.74) is 1.35. The Hall–Kier alpha value is -0.530. The van der Waals surface area contributed by atoms with Gasteiger partial charge in [-0.15, -0.1) is 0 Å². The van der Waals surface area contributed by atoms with Crippen LogP contribution in [0.25, 0.3) is 0 Å². The lowest BCUT2D eigenvalue weighted by Gasteiger charge is -2.19. The van der Waals surface area contributed by atoms with Gasteiger partial charge in [-0.05, 0) is 43.5 Å². The van der Waals surface area contributed by atoms with Crippen LogP contribution >= 0.6 is 11.6 Å². The first kappa shape index (κ1) is 18.5. The number of halogens is 1. The minimum Gasteiger partial charge on any atom is -0.314 e. The molecule has 0 spiro atoms. The molecule has 1 atom stereocenters. The van der Waals surface area contributed by atoms with Crippen LogP contribution in [0.15, 0.2) is 24.3 Å². The third-order valence-electron chi connectivity index (χ3n) is 3.96. The smallest absolute Gasteiger partial charge is 0.0408 e. The average Bonchev–Trinajstić information content (AvgIpc) is 2.48. The molecule has 1 unspecified atom stereocenters. The van der Waals surface area contributed by atoms with Crippen molar-refractivity contribution in [2.45, 2.75) is 77.7 Å². The molecule has 2 heteroatoms. The van der Waals surface area contributed by atoms with Crippen molar-refractivity contribution in [1.29, 1.82) is 0 Å². The summed E-state index contributed by atoms with van der Waals surface area (Å²) in [5.74, 6) is 0. The van der Waals surface area contributed by atoms with Crippen LogP contribution in [0.2, 0.25) is 5.02 Å². The van der Waals surface area contributed by atoms with Crippen LogP contribution in [0.5, 0.6) is 0 Å². The van der Waals surface area contributed by atoms with Crippen LogP contribution in [0.4, 0.5) is 0 Å². The van der Waals surface area contributed by atoms with Crippen molar-refractivity contribution in [2.75, 3.05) is 6.54 Å². The van der Waals surface area contributed by atoms with Gasteiger partial charge in [-0.1, -0.05) is 76.1 Å². The summed E-state index contributed by atoms with van der Waals surface area (Å²) in [6.45, 7) is 5.62. The molecule has 0 aromatic heterocycles. The Balaban J connectivity index is 2.33. The van der Waals surface area contributed by atoms with E-state index in [9.17, 15) is 0 Å². The summed E-state index contributed by atoms with van der Waals surface area (Å²) in [6.07, 6.45) is 11.8.